The summed E-state index contributed by atoms with van der Waals surface area (Å²) in [6.45, 7) is 3.65. The Labute approximate surface area is 168 Å². The highest BCUT2D eigenvalue weighted by Crippen LogP contribution is 2.40. The number of nitro groups is 1. The van der Waals surface area contributed by atoms with Gasteiger partial charge in [0.05, 0.1) is 16.5 Å². The van der Waals surface area contributed by atoms with Gasteiger partial charge in [-0.1, -0.05) is 46.3 Å². The van der Waals surface area contributed by atoms with Crippen LogP contribution in [0.15, 0.2) is 71.2 Å². The molecule has 142 valence electrons. The molecule has 1 heterocycles. The van der Waals surface area contributed by atoms with Gasteiger partial charge in [-0.15, -0.1) is 6.58 Å². The van der Waals surface area contributed by atoms with Crippen LogP contribution < -0.4 is 0 Å². The molecule has 0 radical (unpaired) electrons. The van der Waals surface area contributed by atoms with Crippen molar-refractivity contribution >= 4 is 39.1 Å². The van der Waals surface area contributed by atoms with E-state index in [0.717, 1.165) is 4.47 Å². The van der Waals surface area contributed by atoms with E-state index < -0.39 is 22.7 Å². The van der Waals surface area contributed by atoms with Crippen LogP contribution in [0.4, 0.5) is 5.69 Å². The highest BCUT2D eigenvalue weighted by molar-refractivity contribution is 9.10. The molecule has 0 bridgehead atoms. The lowest BCUT2D eigenvalue weighted by Gasteiger charge is -2.23. The van der Waals surface area contributed by atoms with E-state index in [1.165, 1.54) is 29.2 Å². The molecule has 1 aliphatic rings. The summed E-state index contributed by atoms with van der Waals surface area (Å²) < 4.78 is 0.784. The number of benzene rings is 2. The Hall–Kier alpha value is -3.26. The van der Waals surface area contributed by atoms with Gasteiger partial charge in [0.15, 0.2) is 0 Å². The molecule has 2 aromatic rings. The third-order valence-electron chi connectivity index (χ3n) is 4.38. The monoisotopic (exact) mass is 442 g/mol. The SMILES string of the molecule is C=CCN1C(=O)C(=O)/C(=C(/O)c2ccc(Br)cc2)C1c1cccc([N+](=O)[O-])c1. The van der Waals surface area contributed by atoms with Crippen molar-refractivity contribution in [2.75, 3.05) is 6.54 Å². The Morgan fingerprint density at radius 2 is 1.93 bits per heavy atom. The number of carbonyl (C=O) groups is 2. The molecule has 7 nitrogen and oxygen atoms in total. The summed E-state index contributed by atoms with van der Waals surface area (Å²) in [7, 11) is 0. The van der Waals surface area contributed by atoms with Crippen LogP contribution in [-0.4, -0.2) is 33.2 Å². The summed E-state index contributed by atoms with van der Waals surface area (Å²) in [6, 6.07) is 11.3. The van der Waals surface area contributed by atoms with Crippen molar-refractivity contribution in [3.63, 3.8) is 0 Å². The number of non-ortho nitro benzene ring substituents is 1. The van der Waals surface area contributed by atoms with Gasteiger partial charge in [0.2, 0.25) is 0 Å². The number of ketones is 1. The van der Waals surface area contributed by atoms with Crippen LogP contribution in [0.3, 0.4) is 0 Å². The second-order valence-electron chi connectivity index (χ2n) is 6.10. The van der Waals surface area contributed by atoms with Crippen molar-refractivity contribution in [2.24, 2.45) is 0 Å². The maximum Gasteiger partial charge on any atom is 0.295 e. The first kappa shape index (κ1) is 19.5. The van der Waals surface area contributed by atoms with Gasteiger partial charge in [0.1, 0.15) is 5.76 Å². The van der Waals surface area contributed by atoms with Gasteiger partial charge >= 0.3 is 0 Å². The number of halogens is 1. The number of carbonyl (C=O) groups excluding carboxylic acids is 2. The predicted molar refractivity (Wildman–Crippen MR) is 106 cm³/mol. The number of nitro benzene ring substituents is 1. The molecular formula is C20H15BrN2O5. The minimum absolute atomic E-state index is 0.0506. The van der Waals surface area contributed by atoms with Crippen LogP contribution in [0, 0.1) is 10.1 Å². The summed E-state index contributed by atoms with van der Waals surface area (Å²) in [6.07, 6.45) is 1.45. The number of hydrogen-bond acceptors (Lipinski definition) is 5. The third-order valence-corrected chi connectivity index (χ3v) is 4.91. The minimum Gasteiger partial charge on any atom is -0.507 e. The molecule has 1 amide bonds. The van der Waals surface area contributed by atoms with E-state index in [-0.39, 0.29) is 23.6 Å². The molecule has 1 saturated heterocycles. The molecule has 1 atom stereocenters. The molecule has 0 spiro atoms. The van der Waals surface area contributed by atoms with Crippen molar-refractivity contribution in [2.45, 2.75) is 6.04 Å². The molecule has 1 aliphatic heterocycles. The minimum atomic E-state index is -0.957. The van der Waals surface area contributed by atoms with E-state index in [4.69, 9.17) is 0 Å². The van der Waals surface area contributed by atoms with E-state index in [0.29, 0.717) is 11.1 Å². The highest BCUT2D eigenvalue weighted by Gasteiger charge is 2.45. The normalized spacial score (nSPS) is 18.3. The maximum absolute atomic E-state index is 12.7. The Morgan fingerprint density at radius 1 is 1.25 bits per heavy atom. The summed E-state index contributed by atoms with van der Waals surface area (Å²) >= 11 is 3.30. The maximum atomic E-state index is 12.7. The Balaban J connectivity index is 2.22. The van der Waals surface area contributed by atoms with E-state index in [1.807, 2.05) is 0 Å². The summed E-state index contributed by atoms with van der Waals surface area (Å²) in [5, 5.41) is 21.9. The molecule has 2 aromatic carbocycles. The average Bonchev–Trinajstić information content (AvgIpc) is 2.93. The molecule has 1 fully saturated rings. The molecule has 0 aromatic heterocycles. The van der Waals surface area contributed by atoms with Gasteiger partial charge in [-0.3, -0.25) is 19.7 Å². The lowest BCUT2D eigenvalue weighted by Crippen LogP contribution is -2.29. The van der Waals surface area contributed by atoms with Gasteiger partial charge in [0.25, 0.3) is 17.4 Å². The quantitative estimate of drug-likeness (QED) is 0.188. The second-order valence-corrected chi connectivity index (χ2v) is 7.01. The summed E-state index contributed by atoms with van der Waals surface area (Å²) in [5.74, 6) is -1.98. The summed E-state index contributed by atoms with van der Waals surface area (Å²) in [4.78, 5) is 37.1. The molecule has 1 unspecified atom stereocenters. The molecule has 0 aliphatic carbocycles. The zero-order chi connectivity index (χ0) is 20.4. The average molecular weight is 443 g/mol. The molecule has 28 heavy (non-hydrogen) atoms. The van der Waals surface area contributed by atoms with Crippen LogP contribution in [0.2, 0.25) is 0 Å². The third kappa shape index (κ3) is 3.46. The van der Waals surface area contributed by atoms with Crippen molar-refractivity contribution in [3.05, 3.63) is 92.5 Å². The van der Waals surface area contributed by atoms with E-state index in [2.05, 4.69) is 22.5 Å². The van der Waals surface area contributed by atoms with Crippen molar-refractivity contribution < 1.29 is 19.6 Å². The molecule has 0 saturated carbocycles. The first-order chi connectivity index (χ1) is 13.3. The van der Waals surface area contributed by atoms with Crippen molar-refractivity contribution in [1.82, 2.24) is 4.90 Å². The van der Waals surface area contributed by atoms with Gasteiger partial charge < -0.3 is 10.0 Å². The number of hydrogen-bond donors (Lipinski definition) is 1. The van der Waals surface area contributed by atoms with E-state index in [1.54, 1.807) is 30.3 Å². The Morgan fingerprint density at radius 3 is 2.54 bits per heavy atom. The number of aliphatic hydroxyl groups excluding tert-OH is 1. The molecule has 8 heteroatoms. The lowest BCUT2D eigenvalue weighted by molar-refractivity contribution is -0.384. The zero-order valence-corrected chi connectivity index (χ0v) is 16.1. The lowest BCUT2D eigenvalue weighted by atomic mass is 9.95. The van der Waals surface area contributed by atoms with Crippen molar-refractivity contribution in [1.29, 1.82) is 0 Å². The Bertz CT molecular complexity index is 1010. The number of rotatable bonds is 5. The first-order valence-electron chi connectivity index (χ1n) is 8.24. The number of aliphatic hydroxyl groups is 1. The fraction of sp³-hybridized carbons (Fsp3) is 0.100. The van der Waals surface area contributed by atoms with E-state index >= 15 is 0 Å². The summed E-state index contributed by atoms with van der Waals surface area (Å²) in [5.41, 5.74) is 0.421. The standard InChI is InChI=1S/C20H15BrN2O5/c1-2-10-22-17(13-4-3-5-15(11-13)23(27)28)16(19(25)20(22)26)18(24)12-6-8-14(21)9-7-12/h2-9,11,17,24H,1,10H2/b18-16+. The van der Waals surface area contributed by atoms with Crippen LogP contribution in [0.1, 0.15) is 17.2 Å². The van der Waals surface area contributed by atoms with Gasteiger partial charge in [-0.05, 0) is 17.7 Å². The second kappa shape index (κ2) is 7.77. The first-order valence-corrected chi connectivity index (χ1v) is 9.04. The number of amides is 1. The van der Waals surface area contributed by atoms with Crippen LogP contribution in [-0.2, 0) is 9.59 Å². The van der Waals surface area contributed by atoms with E-state index in [9.17, 15) is 24.8 Å². The van der Waals surface area contributed by atoms with Gasteiger partial charge in [-0.25, -0.2) is 0 Å². The van der Waals surface area contributed by atoms with Gasteiger partial charge in [-0.2, -0.15) is 0 Å². The topological polar surface area (TPSA) is 101 Å². The number of likely N-dealkylation sites (tertiary alicyclic amines) is 1. The van der Waals surface area contributed by atoms with Crippen LogP contribution in [0.25, 0.3) is 5.76 Å². The predicted octanol–water partition coefficient (Wildman–Crippen LogP) is 3.97. The molecule has 3 rings (SSSR count). The fourth-order valence-corrected chi connectivity index (χ4v) is 3.39. The number of Topliss-reactive ketones (excluding diaryl/α,β-unsaturated/α-hetero) is 1. The Kier molecular flexibility index (Phi) is 5.41. The van der Waals surface area contributed by atoms with Crippen molar-refractivity contribution in [3.8, 4) is 0 Å². The van der Waals surface area contributed by atoms with Gasteiger partial charge in [0, 0.05) is 28.7 Å². The molecular weight excluding hydrogens is 428 g/mol. The van der Waals surface area contributed by atoms with Crippen LogP contribution >= 0.6 is 15.9 Å². The fourth-order valence-electron chi connectivity index (χ4n) is 3.13. The largest absolute Gasteiger partial charge is 0.507 e. The highest BCUT2D eigenvalue weighted by atomic mass is 79.9. The molecule has 1 N–H and O–H groups in total. The smallest absolute Gasteiger partial charge is 0.295 e. The number of nitrogens with zero attached hydrogens (tertiary/aromatic N) is 2. The zero-order valence-electron chi connectivity index (χ0n) is 14.5. The van der Waals surface area contributed by atoms with Crippen LogP contribution in [0.5, 0.6) is 0 Å².